The monoisotopic (exact) mass is 273 g/mol. The van der Waals surface area contributed by atoms with Crippen LogP contribution in [0.5, 0.6) is 0 Å². The third-order valence-electron chi connectivity index (χ3n) is 2.49. The third-order valence-corrected chi connectivity index (χ3v) is 3.48. The number of ether oxygens (including phenoxy) is 1. The number of nitrogens with two attached hydrogens (primary N) is 1. The molecule has 1 aromatic heterocycles. The summed E-state index contributed by atoms with van der Waals surface area (Å²) in [6.45, 7) is 3.98. The lowest BCUT2D eigenvalue weighted by atomic mass is 10.0. The topological polar surface area (TPSA) is 97.5 Å². The molecule has 6 nitrogen and oxygen atoms in total. The Bertz CT molecular complexity index is 418. The number of nitrogens with zero attached hydrogens (tertiary/aromatic N) is 1. The predicted molar refractivity (Wildman–Crippen MR) is 70.7 cm³/mol. The number of aliphatic hydroxyl groups is 1. The number of nitrogen functional groups attached to an aromatic ring is 1. The van der Waals surface area contributed by atoms with Crippen molar-refractivity contribution in [2.75, 3.05) is 26.0 Å². The van der Waals surface area contributed by atoms with Gasteiger partial charge in [0, 0.05) is 26.7 Å². The molecule has 18 heavy (non-hydrogen) atoms. The first-order chi connectivity index (χ1) is 8.35. The Morgan fingerprint density at radius 2 is 2.33 bits per heavy atom. The molecular formula is C11H19N3O3S. The quantitative estimate of drug-likeness (QED) is 0.703. The Morgan fingerprint density at radius 1 is 1.67 bits per heavy atom. The number of carbonyl (C=O) groups is 1. The van der Waals surface area contributed by atoms with Gasteiger partial charge in [-0.2, -0.15) is 0 Å². The van der Waals surface area contributed by atoms with Gasteiger partial charge < -0.3 is 20.9 Å². The van der Waals surface area contributed by atoms with Crippen LogP contribution in [0.4, 0.5) is 5.13 Å². The molecule has 0 aliphatic rings. The molecule has 0 aliphatic carbocycles. The van der Waals surface area contributed by atoms with E-state index in [1.54, 1.807) is 21.0 Å². The van der Waals surface area contributed by atoms with E-state index in [0.717, 1.165) is 11.3 Å². The Kier molecular flexibility index (Phi) is 5.06. The molecule has 4 N–H and O–H groups in total. The largest absolute Gasteiger partial charge is 0.388 e. The second kappa shape index (κ2) is 6.12. The van der Waals surface area contributed by atoms with Gasteiger partial charge >= 0.3 is 0 Å². The van der Waals surface area contributed by atoms with Crippen molar-refractivity contribution in [3.63, 3.8) is 0 Å². The molecule has 0 saturated heterocycles. The van der Waals surface area contributed by atoms with Crippen LogP contribution in [-0.4, -0.2) is 41.9 Å². The van der Waals surface area contributed by atoms with Crippen LogP contribution in [0.25, 0.3) is 0 Å². The number of aromatic nitrogens is 1. The number of rotatable bonds is 6. The van der Waals surface area contributed by atoms with Crippen LogP contribution in [0.15, 0.2) is 0 Å². The maximum atomic E-state index is 11.9. The van der Waals surface area contributed by atoms with Crippen LogP contribution in [0.1, 0.15) is 28.7 Å². The van der Waals surface area contributed by atoms with E-state index in [0.29, 0.717) is 28.7 Å². The maximum Gasteiger partial charge on any atom is 0.263 e. The molecule has 0 aromatic carbocycles. The van der Waals surface area contributed by atoms with Crippen molar-refractivity contribution in [3.8, 4) is 0 Å². The normalized spacial score (nSPS) is 14.2. The van der Waals surface area contributed by atoms with E-state index >= 15 is 0 Å². The zero-order valence-corrected chi connectivity index (χ0v) is 11.6. The van der Waals surface area contributed by atoms with Gasteiger partial charge in [0.05, 0.1) is 11.3 Å². The molecule has 1 amide bonds. The SMILES string of the molecule is COCCC(C)(O)CNC(=O)c1sc(N)nc1C. The average molecular weight is 273 g/mol. The lowest BCUT2D eigenvalue weighted by molar-refractivity contribution is 0.0244. The van der Waals surface area contributed by atoms with Crippen LogP contribution in [-0.2, 0) is 4.74 Å². The van der Waals surface area contributed by atoms with Gasteiger partial charge in [0.25, 0.3) is 5.91 Å². The molecule has 0 bridgehead atoms. The van der Waals surface area contributed by atoms with Crippen molar-refractivity contribution in [1.82, 2.24) is 10.3 Å². The minimum Gasteiger partial charge on any atom is -0.388 e. The summed E-state index contributed by atoms with van der Waals surface area (Å²) in [5, 5.41) is 13.0. The van der Waals surface area contributed by atoms with E-state index < -0.39 is 5.60 Å². The van der Waals surface area contributed by atoms with Gasteiger partial charge in [-0.15, -0.1) is 0 Å². The molecule has 1 heterocycles. The first-order valence-corrected chi connectivity index (χ1v) is 6.40. The maximum absolute atomic E-state index is 11.9. The van der Waals surface area contributed by atoms with E-state index in [1.165, 1.54) is 0 Å². The molecule has 102 valence electrons. The van der Waals surface area contributed by atoms with Crippen LogP contribution < -0.4 is 11.1 Å². The van der Waals surface area contributed by atoms with Gasteiger partial charge in [0.1, 0.15) is 4.88 Å². The summed E-state index contributed by atoms with van der Waals surface area (Å²) in [6, 6.07) is 0. The van der Waals surface area contributed by atoms with Crippen molar-refractivity contribution in [3.05, 3.63) is 10.6 Å². The summed E-state index contributed by atoms with van der Waals surface area (Å²) >= 11 is 1.14. The predicted octanol–water partition coefficient (Wildman–Crippen LogP) is 0.551. The fourth-order valence-electron chi connectivity index (χ4n) is 1.39. The summed E-state index contributed by atoms with van der Waals surface area (Å²) in [4.78, 5) is 16.3. The number of nitrogens with one attached hydrogen (secondary N) is 1. The smallest absolute Gasteiger partial charge is 0.263 e. The van der Waals surface area contributed by atoms with E-state index in [2.05, 4.69) is 10.3 Å². The lowest BCUT2D eigenvalue weighted by Crippen LogP contribution is -2.41. The van der Waals surface area contributed by atoms with Crippen molar-refractivity contribution < 1.29 is 14.6 Å². The second-order valence-corrected chi connectivity index (χ2v) is 5.42. The minimum atomic E-state index is -0.990. The zero-order chi connectivity index (χ0) is 13.8. The highest BCUT2D eigenvalue weighted by atomic mass is 32.1. The fraction of sp³-hybridized carbons (Fsp3) is 0.636. The van der Waals surface area contributed by atoms with Crippen LogP contribution in [0, 0.1) is 6.92 Å². The molecule has 1 rings (SSSR count). The third kappa shape index (κ3) is 4.25. The number of carbonyl (C=O) groups excluding carboxylic acids is 1. The molecule has 0 fully saturated rings. The van der Waals surface area contributed by atoms with E-state index in [1.807, 2.05) is 0 Å². The number of methoxy groups -OCH3 is 1. The van der Waals surface area contributed by atoms with Gasteiger partial charge in [0.15, 0.2) is 5.13 Å². The van der Waals surface area contributed by atoms with Crippen LogP contribution >= 0.6 is 11.3 Å². The van der Waals surface area contributed by atoms with Crippen molar-refractivity contribution in [1.29, 1.82) is 0 Å². The molecule has 0 aliphatic heterocycles. The molecule has 1 atom stereocenters. The minimum absolute atomic E-state index is 0.159. The fourth-order valence-corrected chi connectivity index (χ4v) is 2.14. The van der Waals surface area contributed by atoms with Crippen molar-refractivity contribution in [2.24, 2.45) is 0 Å². The molecule has 0 spiro atoms. The highest BCUT2D eigenvalue weighted by Gasteiger charge is 2.22. The summed E-state index contributed by atoms with van der Waals surface area (Å²) in [6.07, 6.45) is 0.452. The summed E-state index contributed by atoms with van der Waals surface area (Å²) in [7, 11) is 1.57. The molecule has 1 unspecified atom stereocenters. The van der Waals surface area contributed by atoms with Gasteiger partial charge in [-0.3, -0.25) is 4.79 Å². The summed E-state index contributed by atoms with van der Waals surface area (Å²) in [5.41, 5.74) is 5.14. The van der Waals surface area contributed by atoms with Gasteiger partial charge in [-0.25, -0.2) is 4.98 Å². The Hall–Kier alpha value is -1.18. The molecule has 0 radical (unpaired) electrons. The number of hydrogen-bond acceptors (Lipinski definition) is 6. The average Bonchev–Trinajstić information content (AvgIpc) is 2.63. The Labute approximate surface area is 110 Å². The number of hydrogen-bond donors (Lipinski definition) is 3. The van der Waals surface area contributed by atoms with Gasteiger partial charge in [0.2, 0.25) is 0 Å². The highest BCUT2D eigenvalue weighted by molar-refractivity contribution is 7.17. The first-order valence-electron chi connectivity index (χ1n) is 5.58. The Morgan fingerprint density at radius 3 is 2.83 bits per heavy atom. The standard InChI is InChI=1S/C11H19N3O3S/c1-7-8(18-10(12)14-7)9(15)13-6-11(2,16)4-5-17-3/h16H,4-6H2,1-3H3,(H2,12,14)(H,13,15). The number of thiazole rings is 1. The molecule has 7 heteroatoms. The number of aryl methyl sites for hydroxylation is 1. The molecular weight excluding hydrogens is 254 g/mol. The van der Waals surface area contributed by atoms with Gasteiger partial charge in [-0.1, -0.05) is 11.3 Å². The molecule has 1 aromatic rings. The summed E-state index contributed by atoms with van der Waals surface area (Å²) < 4.78 is 4.89. The first kappa shape index (κ1) is 14.9. The van der Waals surface area contributed by atoms with Crippen molar-refractivity contribution in [2.45, 2.75) is 25.9 Å². The Balaban J connectivity index is 2.53. The number of amides is 1. The second-order valence-electron chi connectivity index (χ2n) is 4.39. The lowest BCUT2D eigenvalue weighted by Gasteiger charge is -2.23. The van der Waals surface area contributed by atoms with Crippen LogP contribution in [0.3, 0.4) is 0 Å². The summed E-state index contributed by atoms with van der Waals surface area (Å²) in [5.74, 6) is -0.264. The molecule has 0 saturated carbocycles. The van der Waals surface area contributed by atoms with Crippen molar-refractivity contribution >= 4 is 22.4 Å². The number of anilines is 1. The van der Waals surface area contributed by atoms with E-state index in [-0.39, 0.29) is 12.5 Å². The zero-order valence-electron chi connectivity index (χ0n) is 10.8. The van der Waals surface area contributed by atoms with E-state index in [9.17, 15) is 9.90 Å². The van der Waals surface area contributed by atoms with Gasteiger partial charge in [-0.05, 0) is 13.8 Å². The van der Waals surface area contributed by atoms with Crippen LogP contribution in [0.2, 0.25) is 0 Å². The van der Waals surface area contributed by atoms with E-state index in [4.69, 9.17) is 10.5 Å². The highest BCUT2D eigenvalue weighted by Crippen LogP contribution is 2.19.